The zero-order valence-electron chi connectivity index (χ0n) is 29.2. The average Bonchev–Trinajstić information content (AvgIpc) is 3.25. The topological polar surface area (TPSA) is 129 Å². The van der Waals surface area contributed by atoms with Gasteiger partial charge in [-0.2, -0.15) is 5.26 Å². The van der Waals surface area contributed by atoms with Crippen LogP contribution in [0, 0.1) is 18.3 Å². The molecule has 0 saturated heterocycles. The molecule has 0 aliphatic carbocycles. The molecule has 0 bridgehead atoms. The highest BCUT2D eigenvalue weighted by Gasteiger charge is 2.47. The number of amides is 2. The number of benzene rings is 2. The van der Waals surface area contributed by atoms with Gasteiger partial charge in [-0.3, -0.25) is 9.69 Å². The lowest BCUT2D eigenvalue weighted by molar-refractivity contribution is -0.114. The van der Waals surface area contributed by atoms with Crippen molar-refractivity contribution < 1.29 is 18.8 Å². The highest BCUT2D eigenvalue weighted by atomic mass is 35.5. The number of fused-ring (bicyclic) bond motifs is 1. The van der Waals surface area contributed by atoms with E-state index in [1.54, 1.807) is 35.4 Å². The lowest BCUT2D eigenvalue weighted by Gasteiger charge is -2.39. The van der Waals surface area contributed by atoms with Crippen LogP contribution in [0.15, 0.2) is 36.5 Å². The van der Waals surface area contributed by atoms with Gasteiger partial charge >= 0.3 is 6.09 Å². The quantitative estimate of drug-likeness (QED) is 0.238. The molecule has 2 heterocycles. The van der Waals surface area contributed by atoms with Gasteiger partial charge in [-0.1, -0.05) is 39.3 Å². The lowest BCUT2D eigenvalue weighted by atomic mass is 9.83. The molecule has 0 fully saturated rings. The van der Waals surface area contributed by atoms with Crippen LogP contribution >= 0.6 is 11.6 Å². The van der Waals surface area contributed by atoms with Crippen molar-refractivity contribution in [3.05, 3.63) is 58.2 Å². The van der Waals surface area contributed by atoms with Gasteiger partial charge in [0, 0.05) is 53.6 Å². The van der Waals surface area contributed by atoms with Gasteiger partial charge < -0.3 is 19.8 Å². The fourth-order valence-electron chi connectivity index (χ4n) is 5.11. The maximum Gasteiger partial charge on any atom is 0.414 e. The van der Waals surface area contributed by atoms with E-state index in [1.165, 1.54) is 6.92 Å². The first-order valence-corrected chi connectivity index (χ1v) is 18.8. The molecule has 0 saturated carbocycles. The zero-order valence-corrected chi connectivity index (χ0v) is 30.9. The Kier molecular flexibility index (Phi) is 9.85. The first-order chi connectivity index (χ1) is 21.6. The van der Waals surface area contributed by atoms with Gasteiger partial charge in [0.05, 0.1) is 16.9 Å². The molecule has 2 amide bonds. The summed E-state index contributed by atoms with van der Waals surface area (Å²) in [5, 5.41) is 16.8. The summed E-state index contributed by atoms with van der Waals surface area (Å²) in [5.41, 5.74) is 3.58. The molecular weight excluding hydrogens is 632 g/mol. The molecule has 1 atom stereocenters. The molecule has 1 aliphatic rings. The second kappa shape index (κ2) is 12.9. The smallest absolute Gasteiger partial charge is 0.414 e. The highest BCUT2D eigenvalue weighted by Crippen LogP contribution is 2.47. The summed E-state index contributed by atoms with van der Waals surface area (Å²) in [4.78, 5) is 36.0. The van der Waals surface area contributed by atoms with Crippen LogP contribution in [-0.2, 0) is 19.4 Å². The summed E-state index contributed by atoms with van der Waals surface area (Å²) in [7, 11) is -2.16. The number of anilines is 4. The molecule has 4 rings (SSSR count). The Morgan fingerprint density at radius 1 is 1.13 bits per heavy atom. The number of nitrogens with zero attached hydrogens (tertiary/aromatic N) is 4. The van der Waals surface area contributed by atoms with Crippen LogP contribution in [0.1, 0.15) is 72.1 Å². The van der Waals surface area contributed by atoms with Crippen LogP contribution < -0.4 is 15.5 Å². The van der Waals surface area contributed by atoms with Gasteiger partial charge in [0.25, 0.3) is 0 Å². The molecule has 0 spiro atoms. The van der Waals surface area contributed by atoms with E-state index in [0.29, 0.717) is 58.0 Å². The summed E-state index contributed by atoms with van der Waals surface area (Å²) in [6.45, 7) is 22.5. The predicted molar refractivity (Wildman–Crippen MR) is 190 cm³/mol. The number of hydrogen-bond donors (Lipinski definition) is 2. The van der Waals surface area contributed by atoms with Crippen LogP contribution in [0.25, 0.3) is 11.3 Å². The third-order valence-electron chi connectivity index (χ3n) is 8.71. The van der Waals surface area contributed by atoms with Gasteiger partial charge in [0.15, 0.2) is 8.32 Å². The predicted octanol–water partition coefficient (Wildman–Crippen LogP) is 8.71. The molecule has 1 aliphatic heterocycles. The van der Waals surface area contributed by atoms with Gasteiger partial charge in [-0.15, -0.1) is 0 Å². The fraction of sp³-hybridized carbons (Fsp3) is 0.457. The van der Waals surface area contributed by atoms with Crippen LogP contribution in [0.5, 0.6) is 0 Å². The van der Waals surface area contributed by atoms with E-state index in [0.717, 1.165) is 11.1 Å². The van der Waals surface area contributed by atoms with Crippen molar-refractivity contribution in [1.82, 2.24) is 9.97 Å². The van der Waals surface area contributed by atoms with E-state index < -0.39 is 25.4 Å². The molecule has 0 radical (unpaired) electrons. The van der Waals surface area contributed by atoms with E-state index in [-0.39, 0.29) is 10.9 Å². The monoisotopic (exact) mass is 676 g/mol. The van der Waals surface area contributed by atoms with Crippen LogP contribution in [-0.4, -0.2) is 49.0 Å². The number of carbonyl (C=O) groups is 2. The molecule has 1 aromatic heterocycles. The van der Waals surface area contributed by atoms with Crippen molar-refractivity contribution in [2.75, 3.05) is 28.7 Å². The van der Waals surface area contributed by atoms with Crippen molar-refractivity contribution in [2.24, 2.45) is 0 Å². The molecular formula is C35H45ClN6O4Si. The minimum absolute atomic E-state index is 0.0100. The summed E-state index contributed by atoms with van der Waals surface area (Å²) in [6.07, 6.45) is 1.12. The minimum Gasteiger partial charge on any atom is -0.443 e. The minimum atomic E-state index is -2.16. The number of nitrogens with one attached hydrogen (secondary N) is 2. The van der Waals surface area contributed by atoms with Crippen LogP contribution in [0.4, 0.5) is 27.8 Å². The third kappa shape index (κ3) is 7.95. The van der Waals surface area contributed by atoms with E-state index in [9.17, 15) is 14.9 Å². The van der Waals surface area contributed by atoms with Gasteiger partial charge in [-0.05, 0) is 87.3 Å². The molecule has 10 nitrogen and oxygen atoms in total. The summed E-state index contributed by atoms with van der Waals surface area (Å²) >= 11 is 6.35. The largest absolute Gasteiger partial charge is 0.443 e. The number of aromatic nitrogens is 2. The summed E-state index contributed by atoms with van der Waals surface area (Å²) in [5.74, 6) is 0.0940. The van der Waals surface area contributed by atoms with Gasteiger partial charge in [0.1, 0.15) is 11.7 Å². The molecule has 2 aromatic carbocycles. The zero-order chi connectivity index (χ0) is 35.1. The maximum absolute atomic E-state index is 13.5. The van der Waals surface area contributed by atoms with Crippen LogP contribution in [0.2, 0.25) is 23.2 Å². The Balaban J connectivity index is 1.80. The first-order valence-electron chi connectivity index (χ1n) is 15.6. The average molecular weight is 677 g/mol. The van der Waals surface area contributed by atoms with E-state index >= 15 is 0 Å². The SMILES string of the molecule is CC(=O)Nc1cc(Cl)cc(Nc2nccc(-c3cc(C#N)c4c(c3)[C@@](C)(CO[Si](C)(C)C(C)(C)C)CN4C(=O)OC(C)(C)C)n2)c1C. The number of halogens is 1. The Hall–Kier alpha value is -3.98. The number of carbonyl (C=O) groups excluding carboxylic acids is 2. The molecule has 12 heteroatoms. The van der Waals surface area contributed by atoms with Crippen molar-refractivity contribution in [3.63, 3.8) is 0 Å². The summed E-state index contributed by atoms with van der Waals surface area (Å²) in [6, 6.07) is 11.2. The van der Waals surface area contributed by atoms with E-state index in [1.807, 2.05) is 33.8 Å². The number of nitriles is 1. The van der Waals surface area contributed by atoms with Crippen molar-refractivity contribution in [3.8, 4) is 17.3 Å². The maximum atomic E-state index is 13.5. The van der Waals surface area contributed by atoms with Crippen molar-refractivity contribution >= 4 is 54.9 Å². The van der Waals surface area contributed by atoms with E-state index in [4.69, 9.17) is 25.7 Å². The third-order valence-corrected chi connectivity index (χ3v) is 13.4. The summed E-state index contributed by atoms with van der Waals surface area (Å²) < 4.78 is 12.5. The molecule has 47 heavy (non-hydrogen) atoms. The molecule has 0 unspecified atom stereocenters. The van der Waals surface area contributed by atoms with Gasteiger partial charge in [-0.25, -0.2) is 14.8 Å². The fourth-order valence-corrected chi connectivity index (χ4v) is 6.44. The van der Waals surface area contributed by atoms with Crippen LogP contribution in [0.3, 0.4) is 0 Å². The second-order valence-corrected chi connectivity index (χ2v) is 20.2. The van der Waals surface area contributed by atoms with Gasteiger partial charge in [0.2, 0.25) is 11.9 Å². The standard InChI is InChI=1S/C35H45ClN6O4Si/c1-21-28(39-22(2)43)16-25(36)17-29(21)41-31-38-13-12-27(40-31)23-14-24(18-37)30-26(15-23)35(9,20-45-47(10,11)34(6,7)8)19-42(30)32(44)46-33(3,4)5/h12-17H,19-20H2,1-11H3,(H,39,43)(H,38,40,41)/t35-/m1/s1. The molecule has 3 aromatic rings. The second-order valence-electron chi connectivity index (χ2n) is 14.9. The number of rotatable bonds is 7. The first kappa shape index (κ1) is 35.9. The van der Waals surface area contributed by atoms with Crippen molar-refractivity contribution in [1.29, 1.82) is 5.26 Å². The molecule has 250 valence electrons. The lowest BCUT2D eigenvalue weighted by Crippen LogP contribution is -2.46. The van der Waals surface area contributed by atoms with Crippen molar-refractivity contribution in [2.45, 2.75) is 91.5 Å². The highest BCUT2D eigenvalue weighted by molar-refractivity contribution is 6.74. The Morgan fingerprint density at radius 2 is 1.79 bits per heavy atom. The normalized spacial score (nSPS) is 16.4. The Labute approximate surface area is 284 Å². The molecule has 2 N–H and O–H groups in total. The Morgan fingerprint density at radius 3 is 2.38 bits per heavy atom. The van der Waals surface area contributed by atoms with E-state index in [2.05, 4.69) is 62.5 Å². The Bertz CT molecular complexity index is 1760. The number of ether oxygens (including phenoxy) is 1. The number of hydrogen-bond acceptors (Lipinski definition) is 8.